The molecule has 1 fully saturated rings. The maximum atomic E-state index is 12.8. The number of thiazole rings is 1. The molecule has 0 atom stereocenters. The molecule has 0 saturated carbocycles. The summed E-state index contributed by atoms with van der Waals surface area (Å²) in [6.45, 7) is 4.73. The summed E-state index contributed by atoms with van der Waals surface area (Å²) in [5, 5.41) is 2.54. The molecule has 2 aromatic carbocycles. The lowest BCUT2D eigenvalue weighted by Gasteiger charge is -2.19. The van der Waals surface area contributed by atoms with Crippen LogP contribution in [0.25, 0.3) is 11.3 Å². The van der Waals surface area contributed by atoms with Gasteiger partial charge in [0.15, 0.2) is 11.7 Å². The summed E-state index contributed by atoms with van der Waals surface area (Å²) in [6.07, 6.45) is 3.14. The lowest BCUT2D eigenvalue weighted by atomic mass is 10.2. The molecule has 0 bridgehead atoms. The topological polar surface area (TPSA) is 62.7 Å². The van der Waals surface area contributed by atoms with Crippen molar-refractivity contribution < 1.29 is 14.3 Å². The Morgan fingerprint density at radius 2 is 1.97 bits per heavy atom. The number of ether oxygens (including phenoxy) is 1. The van der Waals surface area contributed by atoms with E-state index >= 15 is 0 Å². The highest BCUT2D eigenvalue weighted by Gasteiger charge is 2.22. The van der Waals surface area contributed by atoms with Gasteiger partial charge in [-0.25, -0.2) is 4.98 Å². The Labute approximate surface area is 185 Å². The molecule has 4 rings (SSSR count). The summed E-state index contributed by atoms with van der Waals surface area (Å²) in [4.78, 5) is 32.7. The quantitative estimate of drug-likeness (QED) is 0.490. The number of nitrogens with zero attached hydrogens (tertiary/aromatic N) is 3. The number of carbonyl (C=O) groups is 2. The fourth-order valence-corrected chi connectivity index (χ4v) is 4.27. The van der Waals surface area contributed by atoms with Gasteiger partial charge < -0.3 is 9.64 Å². The second kappa shape index (κ2) is 9.57. The van der Waals surface area contributed by atoms with E-state index in [0.717, 1.165) is 29.9 Å². The molecular formula is C24H23N3O3S. The molecule has 6 nitrogen and oxygen atoms in total. The molecule has 2 heterocycles. The van der Waals surface area contributed by atoms with Crippen LogP contribution in [0, 0.1) is 0 Å². The first-order valence-electron chi connectivity index (χ1n) is 10.1. The van der Waals surface area contributed by atoms with Crippen LogP contribution in [0.5, 0.6) is 5.75 Å². The number of carbonyl (C=O) groups excluding carboxylic acids is 2. The Bertz CT molecular complexity index is 1060. The van der Waals surface area contributed by atoms with Crippen molar-refractivity contribution in [3.8, 4) is 17.0 Å². The van der Waals surface area contributed by atoms with Crippen molar-refractivity contribution in [3.63, 3.8) is 0 Å². The third kappa shape index (κ3) is 4.83. The second-order valence-corrected chi connectivity index (χ2v) is 7.94. The third-order valence-corrected chi connectivity index (χ3v) is 5.85. The van der Waals surface area contributed by atoms with Gasteiger partial charge in [0, 0.05) is 36.1 Å². The molecule has 0 spiro atoms. The highest BCUT2D eigenvalue weighted by atomic mass is 32.1. The molecule has 158 valence electrons. The first-order chi connectivity index (χ1) is 15.2. The molecule has 0 aliphatic carbocycles. The number of rotatable bonds is 8. The average molecular weight is 434 g/mol. The highest BCUT2D eigenvalue weighted by molar-refractivity contribution is 7.14. The van der Waals surface area contributed by atoms with E-state index in [4.69, 9.17) is 4.74 Å². The molecule has 1 aliphatic rings. The van der Waals surface area contributed by atoms with Crippen molar-refractivity contribution in [1.29, 1.82) is 0 Å². The summed E-state index contributed by atoms with van der Waals surface area (Å²) in [6, 6.07) is 17.1. The van der Waals surface area contributed by atoms with Crippen molar-refractivity contribution in [3.05, 3.63) is 72.6 Å². The van der Waals surface area contributed by atoms with E-state index in [2.05, 4.69) is 11.6 Å². The second-order valence-electron chi connectivity index (χ2n) is 7.11. The van der Waals surface area contributed by atoms with E-state index in [-0.39, 0.29) is 18.4 Å². The van der Waals surface area contributed by atoms with Crippen molar-refractivity contribution in [2.24, 2.45) is 0 Å². The minimum absolute atomic E-state index is 0.115. The number of amides is 2. The smallest absolute Gasteiger partial charge is 0.266 e. The Balaban J connectivity index is 1.40. The van der Waals surface area contributed by atoms with Crippen LogP contribution in [-0.4, -0.2) is 36.5 Å². The van der Waals surface area contributed by atoms with Crippen LogP contribution in [0.2, 0.25) is 0 Å². The zero-order valence-corrected chi connectivity index (χ0v) is 17.9. The van der Waals surface area contributed by atoms with E-state index in [9.17, 15) is 9.59 Å². The van der Waals surface area contributed by atoms with Crippen LogP contribution < -0.4 is 14.5 Å². The maximum Gasteiger partial charge on any atom is 0.266 e. The van der Waals surface area contributed by atoms with Gasteiger partial charge in [-0.3, -0.25) is 14.5 Å². The first-order valence-corrected chi connectivity index (χ1v) is 11.0. The molecule has 1 aromatic heterocycles. The molecule has 3 aromatic rings. The van der Waals surface area contributed by atoms with Gasteiger partial charge in [0.2, 0.25) is 5.91 Å². The predicted molar refractivity (Wildman–Crippen MR) is 124 cm³/mol. The molecular weight excluding hydrogens is 410 g/mol. The molecule has 2 amide bonds. The summed E-state index contributed by atoms with van der Waals surface area (Å²) < 4.78 is 5.70. The van der Waals surface area contributed by atoms with Crippen LogP contribution in [-0.2, 0) is 9.59 Å². The average Bonchev–Trinajstić information content (AvgIpc) is 3.46. The Morgan fingerprint density at radius 3 is 2.65 bits per heavy atom. The summed E-state index contributed by atoms with van der Waals surface area (Å²) in [5.41, 5.74) is 2.69. The van der Waals surface area contributed by atoms with Crippen LogP contribution in [0.1, 0.15) is 12.8 Å². The Hall–Kier alpha value is -3.45. The van der Waals surface area contributed by atoms with E-state index in [1.165, 1.54) is 11.3 Å². The standard InChI is InChI=1S/C24H23N3O3S/c1-2-14-27(24-25-21(17-31-24)18-7-4-3-5-8-18)23(29)16-30-20-12-10-19(11-13-20)26-15-6-9-22(26)28/h2-5,7-8,10-13,17H,1,6,9,14-16H2. The van der Waals surface area contributed by atoms with Crippen molar-refractivity contribution >= 4 is 34.0 Å². The van der Waals surface area contributed by atoms with Crippen LogP contribution >= 0.6 is 11.3 Å². The number of anilines is 2. The van der Waals surface area contributed by atoms with Crippen LogP contribution in [0.15, 0.2) is 72.6 Å². The molecule has 0 N–H and O–H groups in total. The zero-order valence-electron chi connectivity index (χ0n) is 17.1. The summed E-state index contributed by atoms with van der Waals surface area (Å²) >= 11 is 1.41. The molecule has 1 saturated heterocycles. The van der Waals surface area contributed by atoms with Gasteiger partial charge in [-0.2, -0.15) is 0 Å². The minimum atomic E-state index is -0.201. The minimum Gasteiger partial charge on any atom is -0.484 e. The van der Waals surface area contributed by atoms with Crippen molar-refractivity contribution in [1.82, 2.24) is 4.98 Å². The number of hydrogen-bond acceptors (Lipinski definition) is 5. The molecule has 31 heavy (non-hydrogen) atoms. The number of hydrogen-bond donors (Lipinski definition) is 0. The van der Waals surface area contributed by atoms with E-state index in [1.54, 1.807) is 28.0 Å². The number of benzene rings is 2. The number of aromatic nitrogens is 1. The fourth-order valence-electron chi connectivity index (χ4n) is 3.41. The highest BCUT2D eigenvalue weighted by Crippen LogP contribution is 2.28. The van der Waals surface area contributed by atoms with Crippen molar-refractivity contribution in [2.45, 2.75) is 12.8 Å². The predicted octanol–water partition coefficient (Wildman–Crippen LogP) is 4.53. The van der Waals surface area contributed by atoms with Crippen LogP contribution in [0.3, 0.4) is 0 Å². The van der Waals surface area contributed by atoms with Gasteiger partial charge >= 0.3 is 0 Å². The lowest BCUT2D eigenvalue weighted by Crippen LogP contribution is -2.35. The van der Waals surface area contributed by atoms with Gasteiger partial charge in [0.1, 0.15) is 5.75 Å². The fraction of sp³-hybridized carbons (Fsp3) is 0.208. The van der Waals surface area contributed by atoms with E-state index in [0.29, 0.717) is 23.8 Å². The molecule has 0 unspecified atom stereocenters. The Morgan fingerprint density at radius 1 is 1.19 bits per heavy atom. The van der Waals surface area contributed by atoms with Gasteiger partial charge in [0.25, 0.3) is 5.91 Å². The third-order valence-electron chi connectivity index (χ3n) is 4.99. The summed E-state index contributed by atoms with van der Waals surface area (Å²) in [5.74, 6) is 0.515. The summed E-state index contributed by atoms with van der Waals surface area (Å²) in [7, 11) is 0. The molecule has 0 radical (unpaired) electrons. The van der Waals surface area contributed by atoms with Crippen molar-refractivity contribution in [2.75, 3.05) is 29.5 Å². The van der Waals surface area contributed by atoms with Crippen LogP contribution in [0.4, 0.5) is 10.8 Å². The maximum absolute atomic E-state index is 12.8. The van der Waals surface area contributed by atoms with Gasteiger partial charge in [-0.05, 0) is 30.7 Å². The van der Waals surface area contributed by atoms with E-state index in [1.807, 2.05) is 47.8 Å². The van der Waals surface area contributed by atoms with E-state index < -0.39 is 0 Å². The monoisotopic (exact) mass is 433 g/mol. The largest absolute Gasteiger partial charge is 0.484 e. The van der Waals surface area contributed by atoms with Gasteiger partial charge in [0.05, 0.1) is 5.69 Å². The Kier molecular flexibility index (Phi) is 6.43. The SMILES string of the molecule is C=CCN(C(=O)COc1ccc(N2CCCC2=O)cc1)c1nc(-c2ccccc2)cs1. The zero-order chi connectivity index (χ0) is 21.6. The normalized spacial score (nSPS) is 13.3. The first kappa shape index (κ1) is 20.8. The van der Waals surface area contributed by atoms with Gasteiger partial charge in [-0.15, -0.1) is 17.9 Å². The van der Waals surface area contributed by atoms with Gasteiger partial charge in [-0.1, -0.05) is 36.4 Å². The lowest BCUT2D eigenvalue weighted by molar-refractivity contribution is -0.120. The molecule has 1 aliphatic heterocycles. The molecule has 7 heteroatoms.